The largest absolute Gasteiger partial charge is 0.508 e. The van der Waals surface area contributed by atoms with Gasteiger partial charge >= 0.3 is 0 Å². The summed E-state index contributed by atoms with van der Waals surface area (Å²) in [5.41, 5.74) is 2.59. The minimum absolute atomic E-state index is 0.0688. The SMILES string of the molecule is O=C1c2ccc(O)cc2CCC1Cc1ccc(Cl)cc1Cl. The van der Waals surface area contributed by atoms with Gasteiger partial charge in [0.05, 0.1) is 0 Å². The maximum absolute atomic E-state index is 12.6. The molecule has 1 N–H and O–H groups in total. The van der Waals surface area contributed by atoms with Crippen LogP contribution in [-0.4, -0.2) is 10.9 Å². The van der Waals surface area contributed by atoms with Crippen LogP contribution in [0.2, 0.25) is 10.0 Å². The maximum Gasteiger partial charge on any atom is 0.166 e. The number of halogens is 2. The lowest BCUT2D eigenvalue weighted by atomic mass is 9.79. The predicted octanol–water partition coefficient (Wildman–Crippen LogP) is 4.69. The molecule has 0 spiro atoms. The lowest BCUT2D eigenvalue weighted by Crippen LogP contribution is -2.24. The van der Waals surface area contributed by atoms with Crippen LogP contribution in [0.15, 0.2) is 36.4 Å². The van der Waals surface area contributed by atoms with E-state index >= 15 is 0 Å². The molecule has 0 heterocycles. The zero-order valence-electron chi connectivity index (χ0n) is 11.3. The van der Waals surface area contributed by atoms with Crippen LogP contribution in [0, 0.1) is 5.92 Å². The van der Waals surface area contributed by atoms with Crippen molar-refractivity contribution in [3.05, 3.63) is 63.1 Å². The Morgan fingerprint density at radius 3 is 2.71 bits per heavy atom. The van der Waals surface area contributed by atoms with Crippen molar-refractivity contribution in [1.82, 2.24) is 0 Å². The Labute approximate surface area is 133 Å². The average molecular weight is 321 g/mol. The molecule has 0 bridgehead atoms. The van der Waals surface area contributed by atoms with Gasteiger partial charge in [0, 0.05) is 21.5 Å². The number of carbonyl (C=O) groups is 1. The second kappa shape index (κ2) is 5.70. The lowest BCUT2D eigenvalue weighted by molar-refractivity contribution is 0.0901. The second-order valence-corrected chi connectivity index (χ2v) is 6.22. The molecule has 2 aromatic rings. The summed E-state index contributed by atoms with van der Waals surface area (Å²) in [6.45, 7) is 0. The van der Waals surface area contributed by atoms with Gasteiger partial charge in [-0.25, -0.2) is 0 Å². The van der Waals surface area contributed by atoms with E-state index in [-0.39, 0.29) is 17.5 Å². The number of phenols is 1. The molecule has 1 aliphatic rings. The molecule has 0 saturated carbocycles. The van der Waals surface area contributed by atoms with Gasteiger partial charge in [0.2, 0.25) is 0 Å². The van der Waals surface area contributed by atoms with E-state index < -0.39 is 0 Å². The number of hydrogen-bond donors (Lipinski definition) is 1. The van der Waals surface area contributed by atoms with Crippen LogP contribution < -0.4 is 0 Å². The molecule has 4 heteroatoms. The normalized spacial score (nSPS) is 17.6. The van der Waals surface area contributed by atoms with Crippen LogP contribution in [0.1, 0.15) is 27.9 Å². The molecule has 2 aromatic carbocycles. The number of rotatable bonds is 2. The summed E-state index contributed by atoms with van der Waals surface area (Å²) >= 11 is 12.1. The smallest absolute Gasteiger partial charge is 0.166 e. The fraction of sp³-hybridized carbons (Fsp3) is 0.235. The monoisotopic (exact) mass is 320 g/mol. The zero-order chi connectivity index (χ0) is 15.0. The first-order chi connectivity index (χ1) is 10.0. The molecule has 2 nitrogen and oxygen atoms in total. The number of hydrogen-bond acceptors (Lipinski definition) is 2. The summed E-state index contributed by atoms with van der Waals surface area (Å²) < 4.78 is 0. The van der Waals surface area contributed by atoms with Crippen LogP contribution in [-0.2, 0) is 12.8 Å². The number of fused-ring (bicyclic) bond motifs is 1. The molecule has 1 atom stereocenters. The van der Waals surface area contributed by atoms with Crippen molar-refractivity contribution >= 4 is 29.0 Å². The highest BCUT2D eigenvalue weighted by molar-refractivity contribution is 6.35. The van der Waals surface area contributed by atoms with Gasteiger partial charge in [-0.2, -0.15) is 0 Å². The first-order valence-electron chi connectivity index (χ1n) is 6.84. The minimum atomic E-state index is -0.0688. The molecule has 0 amide bonds. The summed E-state index contributed by atoms with van der Waals surface area (Å²) in [6.07, 6.45) is 2.19. The maximum atomic E-state index is 12.6. The Kier molecular flexibility index (Phi) is 3.92. The zero-order valence-corrected chi connectivity index (χ0v) is 12.8. The first kappa shape index (κ1) is 14.4. The quantitative estimate of drug-likeness (QED) is 0.871. The Morgan fingerprint density at radius 2 is 1.95 bits per heavy atom. The topological polar surface area (TPSA) is 37.3 Å². The number of ketones is 1. The Bertz CT molecular complexity index is 710. The number of Topliss-reactive ketones (excluding diaryl/α,β-unsaturated/α-hetero) is 1. The van der Waals surface area contributed by atoms with Gasteiger partial charge in [0.25, 0.3) is 0 Å². The fourth-order valence-corrected chi connectivity index (χ4v) is 3.34. The summed E-state index contributed by atoms with van der Waals surface area (Å²) in [7, 11) is 0. The van der Waals surface area contributed by atoms with Crippen molar-refractivity contribution in [3.63, 3.8) is 0 Å². The Hall–Kier alpha value is -1.51. The molecule has 0 radical (unpaired) electrons. The Morgan fingerprint density at radius 1 is 1.14 bits per heavy atom. The van der Waals surface area contributed by atoms with Crippen molar-refractivity contribution in [2.75, 3.05) is 0 Å². The third-order valence-electron chi connectivity index (χ3n) is 3.97. The fourth-order valence-electron chi connectivity index (χ4n) is 2.86. The number of phenolic OH excluding ortho intramolecular Hbond substituents is 1. The van der Waals surface area contributed by atoms with Crippen molar-refractivity contribution in [2.24, 2.45) is 5.92 Å². The van der Waals surface area contributed by atoms with E-state index in [1.165, 1.54) is 0 Å². The highest BCUT2D eigenvalue weighted by Gasteiger charge is 2.28. The van der Waals surface area contributed by atoms with E-state index in [4.69, 9.17) is 23.2 Å². The lowest BCUT2D eigenvalue weighted by Gasteiger charge is -2.23. The summed E-state index contributed by atoms with van der Waals surface area (Å²) in [4.78, 5) is 12.6. The molecule has 0 saturated heterocycles. The molecule has 1 unspecified atom stereocenters. The van der Waals surface area contributed by atoms with Gasteiger partial charge in [0.1, 0.15) is 5.75 Å². The van der Waals surface area contributed by atoms with Crippen LogP contribution in [0.5, 0.6) is 5.75 Å². The van der Waals surface area contributed by atoms with E-state index in [9.17, 15) is 9.90 Å². The standard InChI is InChI=1S/C17H14Cl2O2/c18-13-4-3-11(16(19)9-13)7-12-2-1-10-8-14(20)5-6-15(10)17(12)21/h3-6,8-9,12,20H,1-2,7H2. The summed E-state index contributed by atoms with van der Waals surface area (Å²) in [6, 6.07) is 10.3. The van der Waals surface area contributed by atoms with E-state index in [0.717, 1.165) is 24.0 Å². The van der Waals surface area contributed by atoms with Crippen LogP contribution in [0.4, 0.5) is 0 Å². The number of carbonyl (C=O) groups excluding carboxylic acids is 1. The van der Waals surface area contributed by atoms with Crippen molar-refractivity contribution in [2.45, 2.75) is 19.3 Å². The molecule has 0 aliphatic heterocycles. The third kappa shape index (κ3) is 2.92. The van der Waals surface area contributed by atoms with E-state index in [1.807, 2.05) is 6.07 Å². The predicted molar refractivity (Wildman–Crippen MR) is 84.4 cm³/mol. The van der Waals surface area contributed by atoms with Gasteiger partial charge in [-0.15, -0.1) is 0 Å². The first-order valence-corrected chi connectivity index (χ1v) is 7.60. The van der Waals surface area contributed by atoms with Gasteiger partial charge in [-0.05, 0) is 60.7 Å². The van der Waals surface area contributed by atoms with E-state index in [0.29, 0.717) is 22.0 Å². The number of benzene rings is 2. The van der Waals surface area contributed by atoms with Crippen molar-refractivity contribution in [1.29, 1.82) is 0 Å². The highest BCUT2D eigenvalue weighted by atomic mass is 35.5. The minimum Gasteiger partial charge on any atom is -0.508 e. The van der Waals surface area contributed by atoms with E-state index in [2.05, 4.69) is 0 Å². The van der Waals surface area contributed by atoms with Crippen LogP contribution in [0.3, 0.4) is 0 Å². The number of aryl methyl sites for hydroxylation is 1. The molecule has 21 heavy (non-hydrogen) atoms. The summed E-state index contributed by atoms with van der Waals surface area (Å²) in [5.74, 6) is 0.267. The molecular weight excluding hydrogens is 307 g/mol. The van der Waals surface area contributed by atoms with E-state index in [1.54, 1.807) is 30.3 Å². The van der Waals surface area contributed by atoms with Gasteiger partial charge in [-0.3, -0.25) is 4.79 Å². The molecule has 108 valence electrons. The van der Waals surface area contributed by atoms with Crippen LogP contribution >= 0.6 is 23.2 Å². The van der Waals surface area contributed by atoms with Crippen molar-refractivity contribution in [3.8, 4) is 5.75 Å². The molecule has 0 aromatic heterocycles. The molecule has 3 rings (SSSR count). The Balaban J connectivity index is 1.85. The second-order valence-electron chi connectivity index (χ2n) is 5.38. The van der Waals surface area contributed by atoms with Gasteiger partial charge in [0.15, 0.2) is 5.78 Å². The van der Waals surface area contributed by atoms with Gasteiger partial charge in [-0.1, -0.05) is 29.3 Å². The average Bonchev–Trinajstić information content (AvgIpc) is 2.44. The molecule has 0 fully saturated rings. The highest BCUT2D eigenvalue weighted by Crippen LogP contribution is 2.32. The van der Waals surface area contributed by atoms with Gasteiger partial charge < -0.3 is 5.11 Å². The number of aromatic hydroxyl groups is 1. The summed E-state index contributed by atoms with van der Waals surface area (Å²) in [5, 5.41) is 10.7. The third-order valence-corrected chi connectivity index (χ3v) is 4.56. The van der Waals surface area contributed by atoms with Crippen molar-refractivity contribution < 1.29 is 9.90 Å². The molecule has 1 aliphatic carbocycles. The van der Waals surface area contributed by atoms with Crippen LogP contribution in [0.25, 0.3) is 0 Å². The molecular formula is C17H14Cl2O2.